The van der Waals surface area contributed by atoms with Crippen LogP contribution in [0.15, 0.2) is 47.4 Å². The van der Waals surface area contributed by atoms with Crippen molar-refractivity contribution in [1.82, 2.24) is 0 Å². The van der Waals surface area contributed by atoms with E-state index in [0.717, 1.165) is 5.75 Å². The van der Waals surface area contributed by atoms with Gasteiger partial charge < -0.3 is 15.6 Å². The zero-order valence-electron chi connectivity index (χ0n) is 11.3. The lowest BCUT2D eigenvalue weighted by molar-refractivity contribution is 0.0693. The van der Waals surface area contributed by atoms with Crippen molar-refractivity contribution in [2.45, 2.75) is 10.8 Å². The molecule has 5 heteroatoms. The average molecular weight is 301 g/mol. The van der Waals surface area contributed by atoms with E-state index in [1.54, 1.807) is 30.0 Å². The van der Waals surface area contributed by atoms with Gasteiger partial charge in [0.2, 0.25) is 0 Å². The smallest absolute Gasteiger partial charge is 0.341 e. The number of aromatic carboxylic acids is 1. The van der Waals surface area contributed by atoms with Gasteiger partial charge in [0.15, 0.2) is 0 Å². The van der Waals surface area contributed by atoms with Crippen molar-refractivity contribution >= 4 is 23.4 Å². The summed E-state index contributed by atoms with van der Waals surface area (Å²) in [5.74, 6) is 0.486. The minimum absolute atomic E-state index is 0.0384. The number of ether oxygens (including phenoxy) is 1. The minimum Gasteiger partial charge on any atom is -0.492 e. The summed E-state index contributed by atoms with van der Waals surface area (Å²) in [6.45, 7) is 0.452. The Balaban J connectivity index is 1.78. The number of benzene rings is 2. The fraction of sp³-hybridized carbons (Fsp3) is 0.188. The number of carbonyl (C=O) groups is 1. The Bertz CT molecular complexity index is 687. The summed E-state index contributed by atoms with van der Waals surface area (Å²) >= 11 is 1.80. The van der Waals surface area contributed by atoms with Crippen LogP contribution in [0.2, 0.25) is 0 Å². The van der Waals surface area contributed by atoms with E-state index >= 15 is 0 Å². The minimum atomic E-state index is -1.07. The van der Waals surface area contributed by atoms with Gasteiger partial charge in [-0.1, -0.05) is 24.3 Å². The number of fused-ring (bicyclic) bond motifs is 1. The zero-order chi connectivity index (χ0) is 14.8. The largest absolute Gasteiger partial charge is 0.492 e. The standard InChI is InChI=1S/C16H15NO3S/c17-12-5-3-6-13(15(12)16(18)19)20-8-10-9-21-14-7-2-1-4-11(10)14/h1-7,10H,8-9,17H2,(H,18,19). The number of nitrogens with two attached hydrogens (primary N) is 1. The second-order valence-electron chi connectivity index (χ2n) is 4.88. The topological polar surface area (TPSA) is 72.5 Å². The number of thioether (sulfide) groups is 1. The molecule has 0 spiro atoms. The molecule has 0 aliphatic carbocycles. The molecule has 0 saturated heterocycles. The average Bonchev–Trinajstić information content (AvgIpc) is 2.88. The molecule has 0 fully saturated rings. The van der Waals surface area contributed by atoms with Gasteiger partial charge in [0.05, 0.1) is 6.61 Å². The summed E-state index contributed by atoms with van der Waals surface area (Å²) in [6.07, 6.45) is 0. The van der Waals surface area contributed by atoms with Gasteiger partial charge in [-0.25, -0.2) is 4.79 Å². The Morgan fingerprint density at radius 1 is 1.29 bits per heavy atom. The highest BCUT2D eigenvalue weighted by atomic mass is 32.2. The number of hydrogen-bond acceptors (Lipinski definition) is 4. The fourth-order valence-corrected chi connectivity index (χ4v) is 3.69. The molecule has 0 bridgehead atoms. The summed E-state index contributed by atoms with van der Waals surface area (Å²) in [7, 11) is 0. The lowest BCUT2D eigenvalue weighted by Crippen LogP contribution is -2.13. The molecule has 0 radical (unpaired) electrons. The van der Waals surface area contributed by atoms with Gasteiger partial charge >= 0.3 is 5.97 Å². The van der Waals surface area contributed by atoms with Gasteiger partial charge in [-0.15, -0.1) is 11.8 Å². The summed E-state index contributed by atoms with van der Waals surface area (Å²) in [4.78, 5) is 12.5. The van der Waals surface area contributed by atoms with Crippen molar-refractivity contribution in [2.75, 3.05) is 18.1 Å². The van der Waals surface area contributed by atoms with Crippen LogP contribution in [0.3, 0.4) is 0 Å². The van der Waals surface area contributed by atoms with Gasteiger partial charge in [0.25, 0.3) is 0 Å². The van der Waals surface area contributed by atoms with E-state index in [-0.39, 0.29) is 17.2 Å². The number of carboxylic acid groups (broad SMARTS) is 1. The SMILES string of the molecule is Nc1cccc(OCC2CSc3ccccc32)c1C(=O)O. The van der Waals surface area contributed by atoms with Crippen molar-refractivity contribution in [2.24, 2.45) is 0 Å². The molecule has 1 atom stereocenters. The Morgan fingerprint density at radius 3 is 2.90 bits per heavy atom. The van der Waals surface area contributed by atoms with Crippen LogP contribution in [0.5, 0.6) is 5.75 Å². The van der Waals surface area contributed by atoms with Gasteiger partial charge in [0.1, 0.15) is 11.3 Å². The molecule has 108 valence electrons. The predicted molar refractivity (Wildman–Crippen MR) is 83.2 cm³/mol. The van der Waals surface area contributed by atoms with Gasteiger partial charge in [-0.05, 0) is 23.8 Å². The third kappa shape index (κ3) is 2.69. The van der Waals surface area contributed by atoms with E-state index in [4.69, 9.17) is 10.5 Å². The highest BCUT2D eigenvalue weighted by Crippen LogP contribution is 2.39. The number of rotatable bonds is 4. The van der Waals surface area contributed by atoms with Crippen LogP contribution in [0.25, 0.3) is 0 Å². The Hall–Kier alpha value is -2.14. The first-order valence-corrected chi connectivity index (χ1v) is 7.61. The monoisotopic (exact) mass is 301 g/mol. The van der Waals surface area contributed by atoms with E-state index in [1.165, 1.54) is 10.5 Å². The summed E-state index contributed by atoms with van der Waals surface area (Å²) in [6, 6.07) is 13.2. The van der Waals surface area contributed by atoms with Crippen molar-refractivity contribution in [3.63, 3.8) is 0 Å². The Labute approximate surface area is 126 Å². The zero-order valence-corrected chi connectivity index (χ0v) is 12.1. The first-order valence-electron chi connectivity index (χ1n) is 6.63. The summed E-state index contributed by atoms with van der Waals surface area (Å²) in [5.41, 5.74) is 7.25. The van der Waals surface area contributed by atoms with Crippen LogP contribution >= 0.6 is 11.8 Å². The van der Waals surface area contributed by atoms with Gasteiger partial charge in [-0.3, -0.25) is 0 Å². The first kappa shape index (κ1) is 13.8. The molecule has 1 aliphatic rings. The highest BCUT2D eigenvalue weighted by molar-refractivity contribution is 7.99. The van der Waals surface area contributed by atoms with Crippen molar-refractivity contribution < 1.29 is 14.6 Å². The molecule has 1 unspecified atom stereocenters. The molecule has 0 saturated carbocycles. The van der Waals surface area contributed by atoms with E-state index in [2.05, 4.69) is 12.1 Å². The molecule has 21 heavy (non-hydrogen) atoms. The Morgan fingerprint density at radius 2 is 2.10 bits per heavy atom. The molecule has 0 amide bonds. The molecule has 2 aromatic carbocycles. The van der Waals surface area contributed by atoms with E-state index in [9.17, 15) is 9.90 Å². The molecule has 3 N–H and O–H groups in total. The molecule has 0 aromatic heterocycles. The number of carboxylic acids is 1. The molecular weight excluding hydrogens is 286 g/mol. The summed E-state index contributed by atoms with van der Waals surface area (Å²) in [5, 5.41) is 9.23. The first-order chi connectivity index (χ1) is 10.2. The van der Waals surface area contributed by atoms with Crippen LogP contribution in [0.4, 0.5) is 5.69 Å². The highest BCUT2D eigenvalue weighted by Gasteiger charge is 2.24. The number of nitrogen functional groups attached to an aromatic ring is 1. The fourth-order valence-electron chi connectivity index (χ4n) is 2.45. The predicted octanol–water partition coefficient (Wildman–Crippen LogP) is 3.24. The normalized spacial score (nSPS) is 16.5. The van der Waals surface area contributed by atoms with E-state index < -0.39 is 5.97 Å². The molecule has 3 rings (SSSR count). The second-order valence-corrected chi connectivity index (χ2v) is 5.94. The van der Waals surface area contributed by atoms with Gasteiger partial charge in [0, 0.05) is 22.3 Å². The number of anilines is 1. The van der Waals surface area contributed by atoms with Gasteiger partial charge in [-0.2, -0.15) is 0 Å². The van der Waals surface area contributed by atoms with Crippen LogP contribution in [-0.2, 0) is 0 Å². The lowest BCUT2D eigenvalue weighted by atomic mass is 10.0. The van der Waals surface area contributed by atoms with Crippen molar-refractivity contribution in [1.29, 1.82) is 0 Å². The second kappa shape index (κ2) is 5.69. The maximum atomic E-state index is 11.3. The third-order valence-electron chi connectivity index (χ3n) is 3.51. The molecule has 4 nitrogen and oxygen atoms in total. The van der Waals surface area contributed by atoms with Crippen LogP contribution in [-0.4, -0.2) is 23.4 Å². The molecular formula is C16H15NO3S. The maximum absolute atomic E-state index is 11.3. The third-order valence-corrected chi connectivity index (χ3v) is 4.76. The van der Waals surface area contributed by atoms with E-state index in [1.807, 2.05) is 12.1 Å². The Kier molecular flexibility index (Phi) is 3.75. The molecule has 1 heterocycles. The van der Waals surface area contributed by atoms with Crippen LogP contribution in [0, 0.1) is 0 Å². The van der Waals surface area contributed by atoms with Crippen molar-refractivity contribution in [3.05, 3.63) is 53.6 Å². The van der Waals surface area contributed by atoms with Crippen LogP contribution in [0.1, 0.15) is 21.8 Å². The number of hydrogen-bond donors (Lipinski definition) is 2. The quantitative estimate of drug-likeness (QED) is 0.848. The van der Waals surface area contributed by atoms with E-state index in [0.29, 0.717) is 12.4 Å². The van der Waals surface area contributed by atoms with Crippen molar-refractivity contribution in [3.8, 4) is 5.75 Å². The maximum Gasteiger partial charge on any atom is 0.341 e. The summed E-state index contributed by atoms with van der Waals surface area (Å²) < 4.78 is 5.75. The lowest BCUT2D eigenvalue weighted by Gasteiger charge is -2.15. The molecule has 1 aliphatic heterocycles. The molecule has 2 aromatic rings. The van der Waals surface area contributed by atoms with Crippen LogP contribution < -0.4 is 10.5 Å².